The fourth-order valence-electron chi connectivity index (χ4n) is 2.26. The molecule has 1 aromatic carbocycles. The molecule has 0 saturated heterocycles. The van der Waals surface area contributed by atoms with Gasteiger partial charge in [-0.1, -0.05) is 54.9 Å². The van der Waals surface area contributed by atoms with E-state index in [9.17, 15) is 4.79 Å². The van der Waals surface area contributed by atoms with E-state index in [1.165, 1.54) is 5.56 Å². The molecule has 2 nitrogen and oxygen atoms in total. The Balaban J connectivity index is 2.47. The summed E-state index contributed by atoms with van der Waals surface area (Å²) in [6, 6.07) is 8.13. The van der Waals surface area contributed by atoms with Crippen molar-refractivity contribution in [3.63, 3.8) is 0 Å². The molecule has 1 aliphatic rings. The van der Waals surface area contributed by atoms with Crippen molar-refractivity contribution >= 4 is 27.5 Å². The molecule has 0 spiro atoms. The molecule has 0 bridgehead atoms. The van der Waals surface area contributed by atoms with Gasteiger partial charge in [-0.25, -0.2) is 0 Å². The zero-order valence-corrected chi connectivity index (χ0v) is 12.3. The number of hydrogen-bond acceptors (Lipinski definition) is 1. The van der Waals surface area contributed by atoms with Gasteiger partial charge in [0.15, 0.2) is 0 Å². The number of alkyl halides is 1. The Hall–Kier alpha value is -0.830. The minimum Gasteiger partial charge on any atom is -0.301 e. The molecule has 1 heterocycles. The van der Waals surface area contributed by atoms with Crippen LogP contribution in [0.3, 0.4) is 0 Å². The zero-order valence-electron chi connectivity index (χ0n) is 10.7. The lowest BCUT2D eigenvalue weighted by Gasteiger charge is -2.53. The Morgan fingerprint density at radius 3 is 2.47 bits per heavy atom. The smallest absolute Gasteiger partial charge is 0.233 e. The topological polar surface area (TPSA) is 20.3 Å². The second-order valence-electron chi connectivity index (χ2n) is 5.82. The van der Waals surface area contributed by atoms with Gasteiger partial charge in [0.25, 0.3) is 0 Å². The number of benzene rings is 1. The number of carbonyl (C=O) groups excluding carboxylic acids is 1. The van der Waals surface area contributed by atoms with Gasteiger partial charge in [-0.2, -0.15) is 0 Å². The highest BCUT2D eigenvalue weighted by Crippen LogP contribution is 2.50. The number of hydrogen-bond donors (Lipinski definition) is 0. The fourth-order valence-corrected chi connectivity index (χ4v) is 2.81. The van der Waals surface area contributed by atoms with E-state index in [0.717, 1.165) is 11.0 Å². The van der Waals surface area contributed by atoms with E-state index in [2.05, 4.69) is 28.9 Å². The summed E-state index contributed by atoms with van der Waals surface area (Å²) in [6.45, 7) is 7.99. The third-order valence-electron chi connectivity index (χ3n) is 3.32. The van der Waals surface area contributed by atoms with Gasteiger partial charge in [-0.15, -0.1) is 0 Å². The Morgan fingerprint density at radius 2 is 1.94 bits per heavy atom. The molecule has 1 aliphatic heterocycles. The van der Waals surface area contributed by atoms with Crippen molar-refractivity contribution in [1.82, 2.24) is 0 Å². The van der Waals surface area contributed by atoms with Crippen LogP contribution in [0.5, 0.6) is 0 Å². The van der Waals surface area contributed by atoms with E-state index in [1.807, 2.05) is 43.9 Å². The van der Waals surface area contributed by atoms with Crippen LogP contribution in [0.15, 0.2) is 24.3 Å². The molecule has 92 valence electrons. The minimum absolute atomic E-state index is 0.179. The lowest BCUT2D eigenvalue weighted by Crippen LogP contribution is -2.59. The van der Waals surface area contributed by atoms with Gasteiger partial charge in [-0.3, -0.25) is 4.79 Å². The molecule has 1 atom stereocenters. The van der Waals surface area contributed by atoms with E-state index in [4.69, 9.17) is 0 Å². The third kappa shape index (κ3) is 1.71. The summed E-state index contributed by atoms with van der Waals surface area (Å²) < 4.78 is 0. The van der Waals surface area contributed by atoms with Crippen molar-refractivity contribution in [1.29, 1.82) is 0 Å². The highest BCUT2D eigenvalue weighted by Gasteiger charge is 2.50. The molecule has 0 fully saturated rings. The van der Waals surface area contributed by atoms with Gasteiger partial charge in [0.2, 0.25) is 5.91 Å². The van der Waals surface area contributed by atoms with E-state index in [-0.39, 0.29) is 16.9 Å². The standard InChI is InChI=1S/C14H18BrNO/c1-13(2,3)12(17)16-11-8-6-5-7-10(11)14(16,4)9-15/h5-8H,9H2,1-4H3. The van der Waals surface area contributed by atoms with Crippen molar-refractivity contribution in [2.75, 3.05) is 10.2 Å². The molecular weight excluding hydrogens is 278 g/mol. The monoisotopic (exact) mass is 295 g/mol. The Bertz CT molecular complexity index is 464. The summed E-state index contributed by atoms with van der Waals surface area (Å²) in [5.74, 6) is 0.179. The van der Waals surface area contributed by atoms with Gasteiger partial charge in [0.1, 0.15) is 0 Å². The van der Waals surface area contributed by atoms with Crippen LogP contribution in [0.4, 0.5) is 5.69 Å². The van der Waals surface area contributed by atoms with Gasteiger partial charge >= 0.3 is 0 Å². The molecule has 0 N–H and O–H groups in total. The van der Waals surface area contributed by atoms with Crippen LogP contribution in [-0.2, 0) is 10.3 Å². The maximum Gasteiger partial charge on any atom is 0.233 e. The van der Waals surface area contributed by atoms with E-state index >= 15 is 0 Å². The van der Waals surface area contributed by atoms with E-state index in [1.54, 1.807) is 0 Å². The van der Waals surface area contributed by atoms with Gasteiger partial charge < -0.3 is 4.90 Å². The first-order valence-electron chi connectivity index (χ1n) is 5.82. The van der Waals surface area contributed by atoms with Crippen LogP contribution < -0.4 is 4.90 Å². The van der Waals surface area contributed by atoms with Gasteiger partial charge in [0.05, 0.1) is 11.2 Å². The number of amides is 1. The first kappa shape index (κ1) is 12.6. The first-order valence-corrected chi connectivity index (χ1v) is 6.94. The van der Waals surface area contributed by atoms with Gasteiger partial charge in [-0.05, 0) is 13.0 Å². The molecule has 0 aliphatic carbocycles. The summed E-state index contributed by atoms with van der Waals surface area (Å²) in [7, 11) is 0. The number of para-hydroxylation sites is 1. The van der Waals surface area contributed by atoms with Gasteiger partial charge in [0, 0.05) is 16.3 Å². The fraction of sp³-hybridized carbons (Fsp3) is 0.500. The predicted molar refractivity (Wildman–Crippen MR) is 74.5 cm³/mol. The van der Waals surface area contributed by atoms with Crippen LogP contribution in [0.25, 0.3) is 0 Å². The van der Waals surface area contributed by atoms with E-state index in [0.29, 0.717) is 0 Å². The molecule has 1 amide bonds. The number of carbonyl (C=O) groups is 1. The van der Waals surface area contributed by atoms with Crippen LogP contribution in [0.1, 0.15) is 33.3 Å². The molecule has 0 radical (unpaired) electrons. The maximum atomic E-state index is 12.5. The highest BCUT2D eigenvalue weighted by atomic mass is 79.9. The van der Waals surface area contributed by atoms with Crippen molar-refractivity contribution in [2.24, 2.45) is 5.41 Å². The largest absolute Gasteiger partial charge is 0.301 e. The molecular formula is C14H18BrNO. The van der Waals surface area contributed by atoms with Crippen molar-refractivity contribution in [3.05, 3.63) is 29.8 Å². The van der Waals surface area contributed by atoms with Crippen molar-refractivity contribution in [2.45, 2.75) is 33.2 Å². The number of fused-ring (bicyclic) bond motifs is 1. The summed E-state index contributed by atoms with van der Waals surface area (Å²) in [5.41, 5.74) is 1.74. The normalized spacial score (nSPS) is 23.0. The number of anilines is 1. The lowest BCUT2D eigenvalue weighted by atomic mass is 9.78. The van der Waals surface area contributed by atoms with Crippen LogP contribution in [0, 0.1) is 5.41 Å². The SMILES string of the molecule is CC(C)(C)C(=O)N1c2ccccc2C1(C)CBr. The third-order valence-corrected chi connectivity index (χ3v) is 4.42. The predicted octanol–water partition coefficient (Wildman–Crippen LogP) is 3.69. The molecule has 17 heavy (non-hydrogen) atoms. The molecule has 1 unspecified atom stereocenters. The van der Waals surface area contributed by atoms with Crippen LogP contribution >= 0.6 is 15.9 Å². The molecule has 0 aromatic heterocycles. The molecule has 0 saturated carbocycles. The zero-order chi connectivity index (χ0) is 12.8. The number of nitrogens with zero attached hydrogens (tertiary/aromatic N) is 1. The summed E-state index contributed by atoms with van der Waals surface area (Å²) in [4.78, 5) is 14.4. The quantitative estimate of drug-likeness (QED) is 0.724. The summed E-state index contributed by atoms with van der Waals surface area (Å²) >= 11 is 3.53. The maximum absolute atomic E-state index is 12.5. The van der Waals surface area contributed by atoms with Crippen LogP contribution in [-0.4, -0.2) is 11.2 Å². The van der Waals surface area contributed by atoms with Crippen LogP contribution in [0.2, 0.25) is 0 Å². The average molecular weight is 296 g/mol. The molecule has 2 rings (SSSR count). The average Bonchev–Trinajstić information content (AvgIpc) is 2.26. The lowest BCUT2D eigenvalue weighted by molar-refractivity contribution is -0.127. The second-order valence-corrected chi connectivity index (χ2v) is 6.38. The van der Waals surface area contributed by atoms with Crippen molar-refractivity contribution in [3.8, 4) is 0 Å². The Morgan fingerprint density at radius 1 is 1.35 bits per heavy atom. The highest BCUT2D eigenvalue weighted by molar-refractivity contribution is 9.09. The minimum atomic E-state index is -0.350. The molecule has 1 aromatic rings. The van der Waals surface area contributed by atoms with E-state index < -0.39 is 0 Å². The Labute approximate surface area is 111 Å². The summed E-state index contributed by atoms with van der Waals surface area (Å²) in [5, 5.41) is 0.763. The number of halogens is 1. The second kappa shape index (κ2) is 3.84. The number of rotatable bonds is 1. The Kier molecular flexibility index (Phi) is 2.85. The molecule has 3 heteroatoms. The summed E-state index contributed by atoms with van der Waals surface area (Å²) in [6.07, 6.45) is 0. The first-order chi connectivity index (χ1) is 7.82. The van der Waals surface area contributed by atoms with Crippen molar-refractivity contribution < 1.29 is 4.79 Å².